The van der Waals surface area contributed by atoms with Gasteiger partial charge in [0.05, 0.1) is 5.52 Å². The van der Waals surface area contributed by atoms with Gasteiger partial charge < -0.3 is 19.6 Å². The fourth-order valence-electron chi connectivity index (χ4n) is 4.34. The molecule has 0 unspecified atom stereocenters. The highest BCUT2D eigenvalue weighted by Gasteiger charge is 2.29. The van der Waals surface area contributed by atoms with E-state index in [9.17, 15) is 19.5 Å². The Hall–Kier alpha value is -4.33. The van der Waals surface area contributed by atoms with E-state index in [1.807, 2.05) is 48.5 Å². The van der Waals surface area contributed by atoms with Crippen LogP contribution < -0.4 is 11.1 Å². The maximum absolute atomic E-state index is 12.5. The maximum Gasteiger partial charge on any atom is 0.417 e. The van der Waals surface area contributed by atoms with Crippen molar-refractivity contribution in [1.29, 1.82) is 0 Å². The smallest absolute Gasteiger partial charge is 0.417 e. The number of fused-ring (bicyclic) bond motifs is 4. The van der Waals surface area contributed by atoms with Gasteiger partial charge in [-0.15, -0.1) is 0 Å². The zero-order valence-electron chi connectivity index (χ0n) is 17.4. The second-order valence-corrected chi connectivity index (χ2v) is 7.91. The van der Waals surface area contributed by atoms with Crippen LogP contribution in [-0.2, 0) is 16.0 Å². The monoisotopic (exact) mass is 444 g/mol. The predicted octanol–water partition coefficient (Wildman–Crippen LogP) is 3.66. The van der Waals surface area contributed by atoms with E-state index in [-0.39, 0.29) is 18.9 Å². The first kappa shape index (κ1) is 20.6. The summed E-state index contributed by atoms with van der Waals surface area (Å²) in [5.41, 5.74) is 5.82. The summed E-state index contributed by atoms with van der Waals surface area (Å²) in [5, 5.41) is 12.0. The normalized spacial score (nSPS) is 13.3. The molecule has 1 heterocycles. The average Bonchev–Trinajstić information content (AvgIpc) is 3.33. The fraction of sp³-hybridized carbons (Fsp3) is 0.160. The molecule has 1 aromatic heterocycles. The van der Waals surface area contributed by atoms with E-state index >= 15 is 0 Å². The second kappa shape index (κ2) is 8.31. The zero-order valence-corrected chi connectivity index (χ0v) is 17.4. The lowest BCUT2D eigenvalue weighted by Gasteiger charge is -2.17. The first-order valence-corrected chi connectivity index (χ1v) is 10.5. The maximum atomic E-state index is 12.5. The molecular formula is C25H20N2O6. The molecule has 0 saturated heterocycles. The zero-order chi connectivity index (χ0) is 22.9. The number of hydrogen-bond acceptors (Lipinski definition) is 5. The Bertz CT molecular complexity index is 1370. The number of carbonyl (C=O) groups excluding carboxylic acids is 1. The van der Waals surface area contributed by atoms with Crippen molar-refractivity contribution in [3.05, 3.63) is 94.0 Å². The molecule has 3 aromatic carbocycles. The van der Waals surface area contributed by atoms with E-state index in [1.165, 1.54) is 0 Å². The lowest BCUT2D eigenvalue weighted by Crippen LogP contribution is -2.42. The second-order valence-electron chi connectivity index (χ2n) is 7.91. The number of hydrogen-bond donors (Lipinski definition) is 3. The first-order valence-electron chi connectivity index (χ1n) is 10.5. The number of nitrogens with one attached hydrogen (secondary N) is 2. The number of carbonyl (C=O) groups is 2. The lowest BCUT2D eigenvalue weighted by molar-refractivity contribution is -0.139. The van der Waals surface area contributed by atoms with E-state index in [2.05, 4.69) is 10.3 Å². The van der Waals surface area contributed by atoms with Gasteiger partial charge in [-0.3, -0.25) is 4.98 Å². The van der Waals surface area contributed by atoms with Gasteiger partial charge in [0.1, 0.15) is 12.6 Å². The highest BCUT2D eigenvalue weighted by molar-refractivity contribution is 5.81. The van der Waals surface area contributed by atoms with Crippen molar-refractivity contribution in [2.75, 3.05) is 6.61 Å². The summed E-state index contributed by atoms with van der Waals surface area (Å²) >= 11 is 0. The van der Waals surface area contributed by atoms with Crippen molar-refractivity contribution in [3.8, 4) is 11.1 Å². The Morgan fingerprint density at radius 1 is 1.03 bits per heavy atom. The number of aromatic nitrogens is 1. The van der Waals surface area contributed by atoms with Gasteiger partial charge in [-0.25, -0.2) is 14.4 Å². The lowest BCUT2D eigenvalue weighted by atomic mass is 9.98. The summed E-state index contributed by atoms with van der Waals surface area (Å²) in [4.78, 5) is 38.1. The minimum atomic E-state index is -1.20. The number of rotatable bonds is 6. The Morgan fingerprint density at radius 3 is 2.36 bits per heavy atom. The number of amides is 1. The summed E-state index contributed by atoms with van der Waals surface area (Å²) in [7, 11) is 0. The molecule has 1 amide bonds. The van der Waals surface area contributed by atoms with Crippen molar-refractivity contribution in [2.24, 2.45) is 0 Å². The van der Waals surface area contributed by atoms with Crippen LogP contribution in [0, 0.1) is 0 Å². The molecule has 0 radical (unpaired) electrons. The molecule has 166 valence electrons. The minimum Gasteiger partial charge on any atom is -0.480 e. The SMILES string of the molecule is O=C(N[C@@H](Cc1ccc2oc(=O)[nH]c2c1)C(=O)O)OCC1c2ccccc2-c2ccccc21. The number of aromatic amines is 1. The molecule has 4 aromatic rings. The third-order valence-electron chi connectivity index (χ3n) is 5.86. The Kier molecular flexibility index (Phi) is 5.18. The van der Waals surface area contributed by atoms with Crippen LogP contribution in [0.2, 0.25) is 0 Å². The molecule has 5 rings (SSSR count). The molecular weight excluding hydrogens is 424 g/mol. The molecule has 33 heavy (non-hydrogen) atoms. The van der Waals surface area contributed by atoms with Gasteiger partial charge in [-0.1, -0.05) is 54.6 Å². The van der Waals surface area contributed by atoms with E-state index in [4.69, 9.17) is 9.15 Å². The third kappa shape index (κ3) is 3.98. The number of aliphatic carboxylic acids is 1. The molecule has 8 heteroatoms. The number of carboxylic acid groups (broad SMARTS) is 1. The van der Waals surface area contributed by atoms with Crippen LogP contribution >= 0.6 is 0 Å². The number of H-pyrrole nitrogens is 1. The van der Waals surface area contributed by atoms with Gasteiger partial charge >= 0.3 is 17.8 Å². The fourth-order valence-corrected chi connectivity index (χ4v) is 4.34. The van der Waals surface area contributed by atoms with Crippen molar-refractivity contribution in [1.82, 2.24) is 10.3 Å². The van der Waals surface area contributed by atoms with Gasteiger partial charge in [0, 0.05) is 12.3 Å². The van der Waals surface area contributed by atoms with Crippen LogP contribution in [0.3, 0.4) is 0 Å². The molecule has 0 fully saturated rings. The highest BCUT2D eigenvalue weighted by atomic mass is 16.5. The van der Waals surface area contributed by atoms with Gasteiger partial charge in [0.25, 0.3) is 0 Å². The van der Waals surface area contributed by atoms with Crippen molar-refractivity contribution < 1.29 is 23.8 Å². The molecule has 0 spiro atoms. The number of alkyl carbamates (subject to hydrolysis) is 1. The molecule has 0 aliphatic heterocycles. The van der Waals surface area contributed by atoms with Crippen LogP contribution in [0.4, 0.5) is 4.79 Å². The first-order chi connectivity index (χ1) is 16.0. The average molecular weight is 444 g/mol. The van der Waals surface area contributed by atoms with E-state index in [0.29, 0.717) is 16.7 Å². The predicted molar refractivity (Wildman–Crippen MR) is 120 cm³/mol. The van der Waals surface area contributed by atoms with Crippen LogP contribution in [-0.4, -0.2) is 34.8 Å². The van der Waals surface area contributed by atoms with Crippen LogP contribution in [0.25, 0.3) is 22.2 Å². The minimum absolute atomic E-state index is 0.0165. The summed E-state index contributed by atoms with van der Waals surface area (Å²) in [6.45, 7) is 0.0917. The van der Waals surface area contributed by atoms with Crippen LogP contribution in [0.5, 0.6) is 0 Å². The molecule has 0 bridgehead atoms. The molecule has 1 atom stereocenters. The number of benzene rings is 3. The van der Waals surface area contributed by atoms with Crippen LogP contribution in [0.15, 0.2) is 75.9 Å². The van der Waals surface area contributed by atoms with Gasteiger partial charge in [-0.05, 0) is 39.9 Å². The Balaban J connectivity index is 1.27. The van der Waals surface area contributed by atoms with Crippen molar-refractivity contribution >= 4 is 23.2 Å². The van der Waals surface area contributed by atoms with Gasteiger partial charge in [-0.2, -0.15) is 0 Å². The van der Waals surface area contributed by atoms with Crippen molar-refractivity contribution in [2.45, 2.75) is 18.4 Å². The summed E-state index contributed by atoms with van der Waals surface area (Å²) in [6.07, 6.45) is -0.787. The van der Waals surface area contributed by atoms with E-state index < -0.39 is 23.9 Å². The highest BCUT2D eigenvalue weighted by Crippen LogP contribution is 2.44. The topological polar surface area (TPSA) is 122 Å². The summed E-state index contributed by atoms with van der Waals surface area (Å²) in [5.74, 6) is -1.90. The van der Waals surface area contributed by atoms with Crippen molar-refractivity contribution in [3.63, 3.8) is 0 Å². The molecule has 1 aliphatic rings. The van der Waals surface area contributed by atoms with Gasteiger partial charge in [0.2, 0.25) is 0 Å². The Labute approximate surface area is 187 Å². The number of oxazole rings is 1. The molecule has 0 saturated carbocycles. The quantitative estimate of drug-likeness (QED) is 0.417. The standard InChI is InChI=1S/C25H20N2O6/c28-23(29)21(12-14-9-10-22-20(11-14)26-25(31)33-22)27-24(30)32-13-19-17-7-3-1-5-15(17)16-6-2-4-8-18(16)19/h1-11,19,21H,12-13H2,(H,26,31)(H,27,30)(H,28,29)/t21-/m0/s1. The van der Waals surface area contributed by atoms with Crippen LogP contribution in [0.1, 0.15) is 22.6 Å². The molecule has 3 N–H and O–H groups in total. The van der Waals surface area contributed by atoms with Gasteiger partial charge in [0.15, 0.2) is 5.58 Å². The third-order valence-corrected chi connectivity index (χ3v) is 5.86. The largest absolute Gasteiger partial charge is 0.480 e. The van der Waals surface area contributed by atoms with E-state index in [0.717, 1.165) is 22.3 Å². The van der Waals surface area contributed by atoms with E-state index in [1.54, 1.807) is 18.2 Å². The number of carboxylic acids is 1. The summed E-state index contributed by atoms with van der Waals surface area (Å²) < 4.78 is 10.4. The molecule has 8 nitrogen and oxygen atoms in total. The Morgan fingerprint density at radius 2 is 1.70 bits per heavy atom. The summed E-state index contributed by atoms with van der Waals surface area (Å²) in [6, 6.07) is 19.6. The number of ether oxygens (including phenoxy) is 1. The molecule has 1 aliphatic carbocycles.